The van der Waals surface area contributed by atoms with Crippen molar-refractivity contribution in [2.45, 2.75) is 25.4 Å². The van der Waals surface area contributed by atoms with Crippen LogP contribution in [0.15, 0.2) is 18.3 Å². The average Bonchev–Trinajstić information content (AvgIpc) is 2.66. The number of aromatic nitrogens is 1. The summed E-state index contributed by atoms with van der Waals surface area (Å²) < 4.78 is 2.21. The molecule has 2 heterocycles. The van der Waals surface area contributed by atoms with Gasteiger partial charge in [0.15, 0.2) is 0 Å². The molecule has 1 fully saturated rings. The minimum absolute atomic E-state index is 0.731. The zero-order valence-corrected chi connectivity index (χ0v) is 9.74. The second-order valence-electron chi connectivity index (χ2n) is 4.45. The van der Waals surface area contributed by atoms with Crippen LogP contribution in [0.3, 0.4) is 0 Å². The Balaban J connectivity index is 1.85. The Morgan fingerprint density at radius 1 is 1.40 bits per heavy atom. The van der Waals surface area contributed by atoms with Crippen LogP contribution in [-0.4, -0.2) is 35.6 Å². The summed E-state index contributed by atoms with van der Waals surface area (Å²) in [5.41, 5.74) is 1.41. The number of hydrogen-bond acceptors (Lipinski definition) is 2. The molecule has 0 radical (unpaired) electrons. The van der Waals surface area contributed by atoms with Gasteiger partial charge in [0.1, 0.15) is 0 Å². The molecule has 0 atom stereocenters. The van der Waals surface area contributed by atoms with Crippen molar-refractivity contribution in [1.82, 2.24) is 14.8 Å². The lowest BCUT2D eigenvalue weighted by atomic mass is 10.1. The molecule has 1 saturated heterocycles. The minimum atomic E-state index is 0.731. The summed E-state index contributed by atoms with van der Waals surface area (Å²) in [5.74, 6) is 0. The molecule has 0 saturated carbocycles. The van der Waals surface area contributed by atoms with E-state index in [9.17, 15) is 0 Å². The molecule has 1 aromatic rings. The van der Waals surface area contributed by atoms with E-state index in [1.807, 2.05) is 0 Å². The molecule has 1 N–H and O–H groups in total. The molecule has 1 aliphatic rings. The summed E-state index contributed by atoms with van der Waals surface area (Å²) in [6.45, 7) is 3.54. The Morgan fingerprint density at radius 2 is 2.13 bits per heavy atom. The van der Waals surface area contributed by atoms with Crippen molar-refractivity contribution in [2.24, 2.45) is 7.05 Å². The molecule has 3 nitrogen and oxygen atoms in total. The Bertz CT molecular complexity index is 298. The van der Waals surface area contributed by atoms with E-state index in [0.29, 0.717) is 0 Å². The van der Waals surface area contributed by atoms with Crippen LogP contribution in [0, 0.1) is 0 Å². The fraction of sp³-hybridized carbons (Fsp3) is 0.667. The van der Waals surface area contributed by atoms with Crippen molar-refractivity contribution in [3.63, 3.8) is 0 Å². The van der Waals surface area contributed by atoms with E-state index >= 15 is 0 Å². The van der Waals surface area contributed by atoms with Gasteiger partial charge in [0, 0.05) is 44.6 Å². The molecule has 1 aromatic heterocycles. The summed E-state index contributed by atoms with van der Waals surface area (Å²) in [6, 6.07) is 5.06. The number of nitrogens with one attached hydrogen (secondary N) is 1. The molecule has 0 aromatic carbocycles. The maximum Gasteiger partial charge on any atom is 0.0387 e. The van der Waals surface area contributed by atoms with Gasteiger partial charge >= 0.3 is 0 Å². The van der Waals surface area contributed by atoms with E-state index in [-0.39, 0.29) is 0 Å². The van der Waals surface area contributed by atoms with Gasteiger partial charge in [-0.1, -0.05) is 0 Å². The van der Waals surface area contributed by atoms with Crippen LogP contribution in [0.2, 0.25) is 0 Å². The maximum atomic E-state index is 3.36. The highest BCUT2D eigenvalue weighted by Gasteiger charge is 2.17. The van der Waals surface area contributed by atoms with E-state index in [2.05, 4.69) is 47.2 Å². The Kier molecular flexibility index (Phi) is 3.44. The number of piperidine rings is 1. The molecule has 3 heteroatoms. The van der Waals surface area contributed by atoms with Gasteiger partial charge < -0.3 is 9.88 Å². The fourth-order valence-corrected chi connectivity index (χ4v) is 2.27. The lowest BCUT2D eigenvalue weighted by Crippen LogP contribution is -2.40. The first-order valence-electron chi connectivity index (χ1n) is 5.79. The third kappa shape index (κ3) is 2.61. The topological polar surface area (TPSA) is 20.2 Å². The average molecular weight is 207 g/mol. The first-order chi connectivity index (χ1) is 7.29. The Morgan fingerprint density at radius 3 is 2.67 bits per heavy atom. The van der Waals surface area contributed by atoms with Crippen molar-refractivity contribution in [1.29, 1.82) is 0 Å². The van der Waals surface area contributed by atoms with Crippen LogP contribution in [-0.2, 0) is 13.6 Å². The van der Waals surface area contributed by atoms with Crippen molar-refractivity contribution in [3.05, 3.63) is 24.0 Å². The van der Waals surface area contributed by atoms with Gasteiger partial charge in [-0.25, -0.2) is 0 Å². The second-order valence-corrected chi connectivity index (χ2v) is 4.45. The molecular weight excluding hydrogens is 186 g/mol. The van der Waals surface area contributed by atoms with Crippen molar-refractivity contribution >= 4 is 0 Å². The highest BCUT2D eigenvalue weighted by molar-refractivity contribution is 5.06. The highest BCUT2D eigenvalue weighted by Crippen LogP contribution is 2.13. The highest BCUT2D eigenvalue weighted by atomic mass is 15.2. The molecular formula is C12H21N3. The molecule has 84 valence electrons. The first kappa shape index (κ1) is 10.7. The summed E-state index contributed by atoms with van der Waals surface area (Å²) in [6.07, 6.45) is 4.68. The van der Waals surface area contributed by atoms with E-state index in [1.165, 1.54) is 31.6 Å². The molecule has 0 amide bonds. The maximum absolute atomic E-state index is 3.36. The van der Waals surface area contributed by atoms with Gasteiger partial charge in [-0.3, -0.25) is 4.90 Å². The van der Waals surface area contributed by atoms with Crippen LogP contribution in [0.1, 0.15) is 18.5 Å². The molecule has 0 unspecified atom stereocenters. The van der Waals surface area contributed by atoms with Gasteiger partial charge in [0.2, 0.25) is 0 Å². The van der Waals surface area contributed by atoms with Crippen LogP contribution in [0.25, 0.3) is 0 Å². The largest absolute Gasteiger partial charge is 0.353 e. The number of aryl methyl sites for hydroxylation is 1. The minimum Gasteiger partial charge on any atom is -0.353 e. The van der Waals surface area contributed by atoms with Gasteiger partial charge in [-0.15, -0.1) is 0 Å². The quantitative estimate of drug-likeness (QED) is 0.804. The van der Waals surface area contributed by atoms with Gasteiger partial charge in [0.25, 0.3) is 0 Å². The molecule has 0 spiro atoms. The summed E-state index contributed by atoms with van der Waals surface area (Å²) in [4.78, 5) is 2.54. The molecule has 2 rings (SSSR count). The predicted octanol–water partition coefficient (Wildman–Crippen LogP) is 1.21. The van der Waals surface area contributed by atoms with E-state index in [0.717, 1.165) is 12.6 Å². The zero-order valence-electron chi connectivity index (χ0n) is 9.74. The molecule has 0 bridgehead atoms. The lowest BCUT2D eigenvalue weighted by Gasteiger charge is -2.31. The first-order valence-corrected chi connectivity index (χ1v) is 5.79. The van der Waals surface area contributed by atoms with Gasteiger partial charge in [-0.2, -0.15) is 0 Å². The number of nitrogens with zero attached hydrogens (tertiary/aromatic N) is 2. The standard InChI is InChI=1S/C12H21N3/c1-13-11-5-8-15(9-6-11)10-12-4-3-7-14(12)2/h3-4,7,11,13H,5-6,8-10H2,1-2H3. The SMILES string of the molecule is CNC1CCN(Cc2cccn2C)CC1. The van der Waals surface area contributed by atoms with Gasteiger partial charge in [0.05, 0.1) is 0 Å². The van der Waals surface area contributed by atoms with Crippen LogP contribution in [0.5, 0.6) is 0 Å². The lowest BCUT2D eigenvalue weighted by molar-refractivity contribution is 0.191. The third-order valence-corrected chi connectivity index (χ3v) is 3.43. The van der Waals surface area contributed by atoms with Crippen molar-refractivity contribution in [2.75, 3.05) is 20.1 Å². The van der Waals surface area contributed by atoms with Crippen LogP contribution < -0.4 is 5.32 Å². The summed E-state index contributed by atoms with van der Waals surface area (Å²) in [5, 5.41) is 3.36. The predicted molar refractivity (Wildman–Crippen MR) is 62.8 cm³/mol. The van der Waals surface area contributed by atoms with E-state index in [4.69, 9.17) is 0 Å². The van der Waals surface area contributed by atoms with E-state index < -0.39 is 0 Å². The van der Waals surface area contributed by atoms with Gasteiger partial charge in [-0.05, 0) is 32.0 Å². The molecule has 15 heavy (non-hydrogen) atoms. The second kappa shape index (κ2) is 4.81. The fourth-order valence-electron chi connectivity index (χ4n) is 2.27. The zero-order chi connectivity index (χ0) is 10.7. The van der Waals surface area contributed by atoms with Crippen molar-refractivity contribution in [3.8, 4) is 0 Å². The number of likely N-dealkylation sites (tertiary alicyclic amines) is 1. The monoisotopic (exact) mass is 207 g/mol. The summed E-state index contributed by atoms with van der Waals surface area (Å²) in [7, 11) is 4.19. The van der Waals surface area contributed by atoms with E-state index in [1.54, 1.807) is 0 Å². The smallest absolute Gasteiger partial charge is 0.0387 e. The van der Waals surface area contributed by atoms with Crippen LogP contribution in [0.4, 0.5) is 0 Å². The Labute approximate surface area is 92.1 Å². The van der Waals surface area contributed by atoms with Crippen molar-refractivity contribution < 1.29 is 0 Å². The Hall–Kier alpha value is -0.800. The van der Waals surface area contributed by atoms with Crippen LogP contribution >= 0.6 is 0 Å². The molecule has 0 aliphatic carbocycles. The normalized spacial score (nSPS) is 19.6. The number of rotatable bonds is 3. The number of hydrogen-bond donors (Lipinski definition) is 1. The third-order valence-electron chi connectivity index (χ3n) is 3.43. The summed E-state index contributed by atoms with van der Waals surface area (Å²) >= 11 is 0. The molecule has 1 aliphatic heterocycles.